The fourth-order valence-corrected chi connectivity index (χ4v) is 1.15. The van der Waals surface area contributed by atoms with Crippen LogP contribution in [0.3, 0.4) is 0 Å². The lowest BCUT2D eigenvalue weighted by Gasteiger charge is -2.15. The van der Waals surface area contributed by atoms with E-state index >= 15 is 0 Å². The van der Waals surface area contributed by atoms with E-state index in [9.17, 15) is 4.79 Å². The number of hydrogen-bond donors (Lipinski definition) is 1. The van der Waals surface area contributed by atoms with Gasteiger partial charge in [-0.25, -0.2) is 4.79 Å². The molecule has 0 bridgehead atoms. The number of carbonyl (C=O) groups is 1. The standard InChI is InChI=1S/C15H17NO3/c1-15(2,3)13(16-19-11-14(17)18)10-9-12-7-5-4-6-8-12/h4-8H,11H2,1-3H3,(H,17,18)/b16-13+. The van der Waals surface area contributed by atoms with E-state index < -0.39 is 12.6 Å². The van der Waals surface area contributed by atoms with Crippen molar-refractivity contribution in [2.24, 2.45) is 10.6 Å². The Hall–Kier alpha value is -2.28. The predicted octanol–water partition coefficient (Wildman–Crippen LogP) is 2.54. The van der Waals surface area contributed by atoms with Gasteiger partial charge < -0.3 is 9.94 Å². The lowest BCUT2D eigenvalue weighted by Crippen LogP contribution is -2.19. The molecule has 0 saturated heterocycles. The van der Waals surface area contributed by atoms with Crippen molar-refractivity contribution in [3.63, 3.8) is 0 Å². The van der Waals surface area contributed by atoms with E-state index in [0.717, 1.165) is 5.56 Å². The van der Waals surface area contributed by atoms with Crippen LogP contribution in [0.25, 0.3) is 0 Å². The Morgan fingerprint density at radius 3 is 2.47 bits per heavy atom. The van der Waals surface area contributed by atoms with Crippen molar-refractivity contribution in [1.29, 1.82) is 0 Å². The van der Waals surface area contributed by atoms with Crippen molar-refractivity contribution < 1.29 is 14.7 Å². The first-order chi connectivity index (χ1) is 8.89. The Labute approximate surface area is 113 Å². The summed E-state index contributed by atoms with van der Waals surface area (Å²) in [6.07, 6.45) is 0. The van der Waals surface area contributed by atoms with Crippen molar-refractivity contribution in [3.8, 4) is 11.8 Å². The Bertz CT molecular complexity index is 516. The molecule has 19 heavy (non-hydrogen) atoms. The first-order valence-electron chi connectivity index (χ1n) is 5.89. The third-order valence-electron chi connectivity index (χ3n) is 2.15. The van der Waals surface area contributed by atoms with E-state index in [-0.39, 0.29) is 5.41 Å². The van der Waals surface area contributed by atoms with Crippen molar-refractivity contribution in [1.82, 2.24) is 0 Å². The second kappa shape index (κ2) is 6.60. The highest BCUT2D eigenvalue weighted by molar-refractivity contribution is 6.04. The van der Waals surface area contributed by atoms with Crippen LogP contribution in [0.2, 0.25) is 0 Å². The summed E-state index contributed by atoms with van der Waals surface area (Å²) < 4.78 is 0. The summed E-state index contributed by atoms with van der Waals surface area (Å²) >= 11 is 0. The van der Waals surface area contributed by atoms with Crippen LogP contribution in [0.4, 0.5) is 0 Å². The highest BCUT2D eigenvalue weighted by Gasteiger charge is 2.18. The lowest BCUT2D eigenvalue weighted by atomic mass is 9.90. The molecule has 0 atom stereocenters. The van der Waals surface area contributed by atoms with Gasteiger partial charge in [-0.2, -0.15) is 0 Å². The van der Waals surface area contributed by atoms with Gasteiger partial charge in [0.2, 0.25) is 6.61 Å². The number of nitrogens with zero attached hydrogens (tertiary/aromatic N) is 1. The van der Waals surface area contributed by atoms with Crippen LogP contribution in [0.1, 0.15) is 26.3 Å². The molecule has 1 N–H and O–H groups in total. The maximum atomic E-state index is 10.4. The summed E-state index contributed by atoms with van der Waals surface area (Å²) in [6, 6.07) is 9.51. The molecule has 0 fully saturated rings. The van der Waals surface area contributed by atoms with Crippen molar-refractivity contribution in [2.75, 3.05) is 6.61 Å². The van der Waals surface area contributed by atoms with Gasteiger partial charge in [0.1, 0.15) is 5.71 Å². The number of carboxylic acids is 1. The minimum absolute atomic E-state index is 0.305. The minimum atomic E-state index is -1.06. The largest absolute Gasteiger partial charge is 0.479 e. The van der Waals surface area contributed by atoms with Crippen LogP contribution < -0.4 is 0 Å². The first-order valence-corrected chi connectivity index (χ1v) is 5.89. The smallest absolute Gasteiger partial charge is 0.344 e. The molecule has 0 amide bonds. The van der Waals surface area contributed by atoms with Crippen LogP contribution in [0.15, 0.2) is 35.5 Å². The molecule has 0 heterocycles. The predicted molar refractivity (Wildman–Crippen MR) is 73.8 cm³/mol. The van der Waals surface area contributed by atoms with Crippen molar-refractivity contribution >= 4 is 11.7 Å². The zero-order valence-electron chi connectivity index (χ0n) is 11.3. The summed E-state index contributed by atoms with van der Waals surface area (Å²) in [5.74, 6) is 4.85. The van der Waals surface area contributed by atoms with Gasteiger partial charge in [0, 0.05) is 11.0 Å². The maximum Gasteiger partial charge on any atom is 0.344 e. The van der Waals surface area contributed by atoms with Gasteiger partial charge in [-0.1, -0.05) is 50.0 Å². The van der Waals surface area contributed by atoms with Crippen LogP contribution in [0, 0.1) is 17.3 Å². The average Bonchev–Trinajstić information content (AvgIpc) is 2.33. The molecule has 0 unspecified atom stereocenters. The first kappa shape index (κ1) is 14.8. The highest BCUT2D eigenvalue weighted by Crippen LogP contribution is 2.16. The highest BCUT2D eigenvalue weighted by atomic mass is 16.6. The summed E-state index contributed by atoms with van der Waals surface area (Å²) in [5, 5.41) is 12.3. The summed E-state index contributed by atoms with van der Waals surface area (Å²) in [7, 11) is 0. The molecule has 100 valence electrons. The third kappa shape index (κ3) is 5.73. The molecule has 1 aromatic rings. The van der Waals surface area contributed by atoms with Crippen LogP contribution >= 0.6 is 0 Å². The van der Waals surface area contributed by atoms with Gasteiger partial charge in [-0.05, 0) is 18.1 Å². The maximum absolute atomic E-state index is 10.4. The second-order valence-corrected chi connectivity index (χ2v) is 4.97. The fourth-order valence-electron chi connectivity index (χ4n) is 1.15. The van der Waals surface area contributed by atoms with E-state index in [0.29, 0.717) is 5.71 Å². The SMILES string of the molecule is CC(C)(C)/C(C#Cc1ccccc1)=N/OCC(=O)O. The van der Waals surface area contributed by atoms with E-state index in [1.54, 1.807) is 0 Å². The normalized spacial score (nSPS) is 11.4. The van der Waals surface area contributed by atoms with Crippen molar-refractivity contribution in [3.05, 3.63) is 35.9 Å². The molecule has 0 aliphatic heterocycles. The molecule has 0 saturated carbocycles. The Morgan fingerprint density at radius 2 is 1.95 bits per heavy atom. The molecular formula is C15H17NO3. The number of benzene rings is 1. The fraction of sp³-hybridized carbons (Fsp3) is 0.333. The Kier molecular flexibility index (Phi) is 5.13. The van der Waals surface area contributed by atoms with Crippen LogP contribution in [0.5, 0.6) is 0 Å². The molecule has 4 heteroatoms. The molecule has 4 nitrogen and oxygen atoms in total. The number of rotatable bonds is 3. The van der Waals surface area contributed by atoms with E-state index in [2.05, 4.69) is 17.0 Å². The molecule has 0 spiro atoms. The number of oxime groups is 1. The van der Waals surface area contributed by atoms with Gasteiger partial charge in [0.15, 0.2) is 0 Å². The number of hydrogen-bond acceptors (Lipinski definition) is 3. The van der Waals surface area contributed by atoms with E-state index in [1.807, 2.05) is 51.1 Å². The van der Waals surface area contributed by atoms with Gasteiger partial charge in [-0.3, -0.25) is 0 Å². The van der Waals surface area contributed by atoms with Crippen LogP contribution in [-0.4, -0.2) is 23.4 Å². The minimum Gasteiger partial charge on any atom is -0.479 e. The molecule has 0 aliphatic carbocycles. The summed E-state index contributed by atoms with van der Waals surface area (Å²) in [5.41, 5.74) is 1.08. The molecule has 0 aliphatic rings. The molecule has 1 rings (SSSR count). The monoisotopic (exact) mass is 259 g/mol. The topological polar surface area (TPSA) is 58.9 Å². The van der Waals surface area contributed by atoms with E-state index in [4.69, 9.17) is 9.94 Å². The van der Waals surface area contributed by atoms with Gasteiger partial charge >= 0.3 is 5.97 Å². The van der Waals surface area contributed by atoms with Crippen molar-refractivity contribution in [2.45, 2.75) is 20.8 Å². The van der Waals surface area contributed by atoms with Crippen LogP contribution in [-0.2, 0) is 9.63 Å². The molecule has 1 aromatic carbocycles. The van der Waals surface area contributed by atoms with Gasteiger partial charge in [0.25, 0.3) is 0 Å². The Morgan fingerprint density at radius 1 is 1.32 bits per heavy atom. The second-order valence-electron chi connectivity index (χ2n) is 4.97. The Balaban J connectivity index is 2.88. The van der Waals surface area contributed by atoms with E-state index in [1.165, 1.54) is 0 Å². The molecular weight excluding hydrogens is 242 g/mol. The average molecular weight is 259 g/mol. The molecule has 0 radical (unpaired) electrons. The number of aliphatic carboxylic acids is 1. The lowest BCUT2D eigenvalue weighted by molar-refractivity contribution is -0.142. The number of carboxylic acid groups (broad SMARTS) is 1. The summed E-state index contributed by atoms with van der Waals surface area (Å²) in [4.78, 5) is 15.1. The van der Waals surface area contributed by atoms with Gasteiger partial charge in [0.05, 0.1) is 0 Å². The third-order valence-corrected chi connectivity index (χ3v) is 2.15. The zero-order chi connectivity index (χ0) is 14.3. The summed E-state index contributed by atoms with van der Waals surface area (Å²) in [6.45, 7) is 5.35. The van der Waals surface area contributed by atoms with Gasteiger partial charge in [-0.15, -0.1) is 0 Å². The molecule has 0 aromatic heterocycles. The quantitative estimate of drug-likeness (QED) is 0.515. The zero-order valence-corrected chi connectivity index (χ0v) is 11.3.